The lowest BCUT2D eigenvalue weighted by Gasteiger charge is -2.20. The highest BCUT2D eigenvalue weighted by atomic mass is 79.9. The smallest absolute Gasteiger partial charge is 0.412 e. The van der Waals surface area contributed by atoms with Gasteiger partial charge in [-0.15, -0.1) is 0 Å². The van der Waals surface area contributed by atoms with E-state index in [1.54, 1.807) is 13.1 Å². The largest absolute Gasteiger partial charge is 0.455 e. The molecule has 0 unspecified atom stereocenters. The van der Waals surface area contributed by atoms with Crippen molar-refractivity contribution in [2.45, 2.75) is 53.2 Å². The average Bonchev–Trinajstić information content (AvgIpc) is 3.33. The van der Waals surface area contributed by atoms with Gasteiger partial charge in [-0.25, -0.2) is 9.78 Å². The van der Waals surface area contributed by atoms with E-state index < -0.39 is 11.7 Å². The maximum Gasteiger partial charge on any atom is 0.412 e. The number of ether oxygens (including phenoxy) is 1. The average molecular weight is 567 g/mol. The first-order valence-electron chi connectivity index (χ1n) is 12.1. The molecule has 194 valence electrons. The second kappa shape index (κ2) is 10.4. The number of rotatable bonds is 6. The molecule has 37 heavy (non-hydrogen) atoms. The van der Waals surface area contributed by atoms with Crippen molar-refractivity contribution in [2.75, 3.05) is 12.4 Å². The van der Waals surface area contributed by atoms with E-state index in [1.807, 2.05) is 75.6 Å². The summed E-state index contributed by atoms with van der Waals surface area (Å²) in [6.45, 7) is 9.82. The molecular formula is C28H31BrN4O4. The van der Waals surface area contributed by atoms with E-state index >= 15 is 0 Å². The van der Waals surface area contributed by atoms with Crippen LogP contribution in [0.5, 0.6) is 0 Å². The molecule has 2 amide bonds. The number of amides is 2. The molecule has 2 aromatic heterocycles. The van der Waals surface area contributed by atoms with Crippen molar-refractivity contribution in [3.05, 3.63) is 69.7 Å². The van der Waals surface area contributed by atoms with Crippen LogP contribution in [0.2, 0.25) is 0 Å². The zero-order valence-electron chi connectivity index (χ0n) is 21.9. The quantitative estimate of drug-likeness (QED) is 0.271. The molecule has 0 saturated carbocycles. The molecule has 0 aliphatic rings. The van der Waals surface area contributed by atoms with Crippen LogP contribution in [0.15, 0.2) is 51.4 Å². The highest BCUT2D eigenvalue weighted by Crippen LogP contribution is 2.41. The summed E-state index contributed by atoms with van der Waals surface area (Å²) in [6.07, 6.45) is 0.171. The van der Waals surface area contributed by atoms with Crippen LogP contribution in [0.1, 0.15) is 55.3 Å². The fourth-order valence-corrected chi connectivity index (χ4v) is 4.85. The number of nitrogens with zero attached hydrogens (tertiary/aromatic N) is 2. The molecule has 4 aromatic rings. The van der Waals surface area contributed by atoms with Gasteiger partial charge >= 0.3 is 6.09 Å². The Morgan fingerprint density at radius 2 is 1.89 bits per heavy atom. The number of halogens is 1. The summed E-state index contributed by atoms with van der Waals surface area (Å²) in [5, 5.41) is 6.43. The van der Waals surface area contributed by atoms with Crippen molar-refractivity contribution in [1.82, 2.24) is 14.9 Å². The zero-order valence-corrected chi connectivity index (χ0v) is 23.4. The van der Waals surface area contributed by atoms with Gasteiger partial charge in [-0.3, -0.25) is 10.1 Å². The molecule has 0 atom stereocenters. The number of carbonyl (C=O) groups is 2. The summed E-state index contributed by atoms with van der Waals surface area (Å²) in [6, 6.07) is 13.3. The predicted octanol–water partition coefficient (Wildman–Crippen LogP) is 6.68. The van der Waals surface area contributed by atoms with Crippen molar-refractivity contribution in [3.8, 4) is 11.3 Å². The van der Waals surface area contributed by atoms with Gasteiger partial charge in [-0.1, -0.05) is 25.1 Å². The summed E-state index contributed by atoms with van der Waals surface area (Å²) in [7, 11) is 1.62. The van der Waals surface area contributed by atoms with E-state index in [0.717, 1.165) is 26.8 Å². The van der Waals surface area contributed by atoms with Crippen molar-refractivity contribution in [3.63, 3.8) is 0 Å². The lowest BCUT2D eigenvalue weighted by Crippen LogP contribution is -2.27. The molecule has 8 nitrogen and oxygen atoms in total. The predicted molar refractivity (Wildman–Crippen MR) is 148 cm³/mol. The van der Waals surface area contributed by atoms with Gasteiger partial charge in [-0.2, -0.15) is 0 Å². The molecule has 2 N–H and O–H groups in total. The van der Waals surface area contributed by atoms with Gasteiger partial charge < -0.3 is 19.0 Å². The Morgan fingerprint density at radius 1 is 1.16 bits per heavy atom. The number of hydrogen-bond acceptors (Lipinski definition) is 5. The number of imidazole rings is 1. The van der Waals surface area contributed by atoms with E-state index in [-0.39, 0.29) is 5.91 Å². The maximum atomic E-state index is 12.6. The molecular weight excluding hydrogens is 536 g/mol. The summed E-state index contributed by atoms with van der Waals surface area (Å²) in [5.74, 6) is 1.29. The first kappa shape index (κ1) is 26.5. The van der Waals surface area contributed by atoms with Crippen molar-refractivity contribution in [1.29, 1.82) is 0 Å². The molecule has 9 heteroatoms. The standard InChI is InChI=1S/C28H31BrN4O4/c1-7-22-31-16(2)24(26(34)30-6)33(22)15-17-12-13-21-19(14-17)23(29)25(36-21)18-10-8-9-11-20(18)32-27(35)37-28(3,4)5/h8-14H,7,15H2,1-6H3,(H,30,34)(H,32,35). The van der Waals surface area contributed by atoms with Crippen LogP contribution in [0, 0.1) is 6.92 Å². The summed E-state index contributed by atoms with van der Waals surface area (Å²) in [5.41, 5.74) is 3.65. The molecule has 0 spiro atoms. The lowest BCUT2D eigenvalue weighted by molar-refractivity contribution is 0.0635. The molecule has 0 bridgehead atoms. The van der Waals surface area contributed by atoms with E-state index in [0.29, 0.717) is 41.4 Å². The molecule has 2 heterocycles. The van der Waals surface area contributed by atoms with Gasteiger partial charge in [0.15, 0.2) is 5.76 Å². The summed E-state index contributed by atoms with van der Waals surface area (Å²) < 4.78 is 14.4. The summed E-state index contributed by atoms with van der Waals surface area (Å²) in [4.78, 5) is 29.6. The Balaban J connectivity index is 1.71. The van der Waals surface area contributed by atoms with E-state index in [1.165, 1.54) is 0 Å². The Hall–Kier alpha value is -3.59. The van der Waals surface area contributed by atoms with Crippen LogP contribution in [-0.2, 0) is 17.7 Å². The van der Waals surface area contributed by atoms with E-state index in [4.69, 9.17) is 9.15 Å². The van der Waals surface area contributed by atoms with Gasteiger partial charge in [0.25, 0.3) is 5.91 Å². The fraction of sp³-hybridized carbons (Fsp3) is 0.321. The molecule has 4 rings (SSSR count). The normalized spacial score (nSPS) is 11.5. The van der Waals surface area contributed by atoms with Crippen LogP contribution in [-0.4, -0.2) is 34.2 Å². The number of furan rings is 1. The molecule has 0 radical (unpaired) electrons. The minimum Gasteiger partial charge on any atom is -0.455 e. The minimum atomic E-state index is -0.613. The van der Waals surface area contributed by atoms with Gasteiger partial charge in [-0.05, 0) is 73.5 Å². The molecule has 0 aliphatic carbocycles. The van der Waals surface area contributed by atoms with Crippen LogP contribution < -0.4 is 10.6 Å². The number of aryl methyl sites for hydroxylation is 2. The monoisotopic (exact) mass is 566 g/mol. The van der Waals surface area contributed by atoms with Gasteiger partial charge in [0, 0.05) is 31.0 Å². The van der Waals surface area contributed by atoms with Crippen LogP contribution in [0.4, 0.5) is 10.5 Å². The molecule has 0 fully saturated rings. The second-order valence-corrected chi connectivity index (χ2v) is 10.5. The van der Waals surface area contributed by atoms with Crippen molar-refractivity contribution >= 4 is 44.6 Å². The highest BCUT2D eigenvalue weighted by molar-refractivity contribution is 9.10. The third kappa shape index (κ3) is 5.56. The summed E-state index contributed by atoms with van der Waals surface area (Å²) >= 11 is 3.72. The minimum absolute atomic E-state index is 0.161. The number of nitrogens with one attached hydrogen (secondary N) is 2. The van der Waals surface area contributed by atoms with E-state index in [9.17, 15) is 9.59 Å². The van der Waals surface area contributed by atoms with Crippen molar-refractivity contribution < 1.29 is 18.7 Å². The Morgan fingerprint density at radius 3 is 2.57 bits per heavy atom. The maximum absolute atomic E-state index is 12.6. The number of anilines is 1. The topological polar surface area (TPSA) is 98.4 Å². The number of para-hydroxylation sites is 1. The number of carbonyl (C=O) groups excluding carboxylic acids is 2. The number of fused-ring (bicyclic) bond motifs is 1. The van der Waals surface area contributed by atoms with Crippen molar-refractivity contribution in [2.24, 2.45) is 0 Å². The van der Waals surface area contributed by atoms with Gasteiger partial charge in [0.05, 0.1) is 15.9 Å². The van der Waals surface area contributed by atoms with Gasteiger partial charge in [0.2, 0.25) is 0 Å². The fourth-order valence-electron chi connectivity index (χ4n) is 4.25. The third-order valence-corrected chi connectivity index (χ3v) is 6.61. The number of aromatic nitrogens is 2. The Labute approximate surface area is 224 Å². The third-order valence-electron chi connectivity index (χ3n) is 5.82. The molecule has 2 aromatic carbocycles. The second-order valence-electron chi connectivity index (χ2n) is 9.73. The van der Waals surface area contributed by atoms with Crippen LogP contribution >= 0.6 is 15.9 Å². The zero-order chi connectivity index (χ0) is 26.9. The molecule has 0 aliphatic heterocycles. The first-order chi connectivity index (χ1) is 17.5. The molecule has 0 saturated heterocycles. The lowest BCUT2D eigenvalue weighted by atomic mass is 10.1. The Bertz CT molecular complexity index is 1480. The Kier molecular flexibility index (Phi) is 7.45. The number of hydrogen-bond donors (Lipinski definition) is 2. The SMILES string of the molecule is CCc1nc(C)c(C(=O)NC)n1Cc1ccc2oc(-c3ccccc3NC(=O)OC(C)(C)C)c(Br)c2c1. The van der Waals surface area contributed by atoms with Crippen LogP contribution in [0.25, 0.3) is 22.3 Å². The van der Waals surface area contributed by atoms with Crippen LogP contribution in [0.3, 0.4) is 0 Å². The van der Waals surface area contributed by atoms with Gasteiger partial charge in [0.1, 0.15) is 22.7 Å². The number of benzene rings is 2. The van der Waals surface area contributed by atoms with E-state index in [2.05, 4.69) is 31.5 Å². The highest BCUT2D eigenvalue weighted by Gasteiger charge is 2.22. The first-order valence-corrected chi connectivity index (χ1v) is 12.9.